The summed E-state index contributed by atoms with van der Waals surface area (Å²) in [4.78, 5) is 23.4. The number of rotatable bonds is 7. The maximum atomic E-state index is 13.7. The summed E-state index contributed by atoms with van der Waals surface area (Å²) in [5.74, 6) is -0.722. The lowest BCUT2D eigenvalue weighted by molar-refractivity contribution is -0.885. The second-order valence-electron chi connectivity index (χ2n) is 5.75. The molecule has 1 amide bonds. The smallest absolute Gasteiger partial charge is 0.294 e. The molecule has 2 N–H and O–H groups in total. The van der Waals surface area contributed by atoms with Gasteiger partial charge in [0.1, 0.15) is 12.2 Å². The largest absolute Gasteiger partial charge is 0.494 e. The third-order valence-electron chi connectivity index (χ3n) is 3.62. The number of amides is 1. The Labute approximate surface area is 154 Å². The van der Waals surface area contributed by atoms with E-state index in [-0.39, 0.29) is 28.7 Å². The van der Waals surface area contributed by atoms with Crippen LogP contribution >= 0.6 is 11.6 Å². The first-order valence-corrected chi connectivity index (χ1v) is 8.05. The van der Waals surface area contributed by atoms with E-state index in [0.717, 1.165) is 4.90 Å². The maximum Gasteiger partial charge on any atom is 0.294 e. The van der Waals surface area contributed by atoms with Gasteiger partial charge in [-0.15, -0.1) is 0 Å². The average molecular weight is 383 g/mol. The van der Waals surface area contributed by atoms with Gasteiger partial charge in [0, 0.05) is 16.7 Å². The molecule has 0 saturated carbocycles. The molecule has 7 nitrogen and oxygen atoms in total. The summed E-state index contributed by atoms with van der Waals surface area (Å²) in [6.45, 7) is 0.449. The predicted molar refractivity (Wildman–Crippen MR) is 95.1 cm³/mol. The van der Waals surface area contributed by atoms with Crippen molar-refractivity contribution in [3.63, 3.8) is 0 Å². The second kappa shape index (κ2) is 8.59. The molecule has 0 spiro atoms. The Balaban J connectivity index is 1.99. The Hall–Kier alpha value is -2.71. The summed E-state index contributed by atoms with van der Waals surface area (Å²) in [5.41, 5.74) is 0.500. The fourth-order valence-corrected chi connectivity index (χ4v) is 2.63. The van der Waals surface area contributed by atoms with Crippen molar-refractivity contribution in [3.8, 4) is 5.75 Å². The Bertz CT molecular complexity index is 832. The molecule has 0 aromatic heterocycles. The van der Waals surface area contributed by atoms with Crippen LogP contribution in [0.4, 0.5) is 15.8 Å². The van der Waals surface area contributed by atoms with Crippen LogP contribution in [0.5, 0.6) is 5.75 Å². The lowest BCUT2D eigenvalue weighted by Crippen LogP contribution is -3.08. The van der Waals surface area contributed by atoms with E-state index >= 15 is 0 Å². The van der Waals surface area contributed by atoms with Crippen LogP contribution in [-0.2, 0) is 11.3 Å². The van der Waals surface area contributed by atoms with Gasteiger partial charge in [0.05, 0.1) is 19.1 Å². The number of methoxy groups -OCH3 is 1. The SMILES string of the molecule is COc1ccc(C[NH+](C)CC(=O)Nc2ccc(Cl)cc2[N+](=O)[O-])cc1F. The van der Waals surface area contributed by atoms with E-state index in [9.17, 15) is 19.3 Å². The molecule has 0 bridgehead atoms. The van der Waals surface area contributed by atoms with E-state index in [0.29, 0.717) is 12.1 Å². The number of hydrogen-bond donors (Lipinski definition) is 2. The van der Waals surface area contributed by atoms with Crippen LogP contribution in [0.25, 0.3) is 0 Å². The van der Waals surface area contributed by atoms with Gasteiger partial charge in [-0.3, -0.25) is 14.9 Å². The van der Waals surface area contributed by atoms with E-state index in [4.69, 9.17) is 16.3 Å². The van der Waals surface area contributed by atoms with Crippen molar-refractivity contribution in [2.45, 2.75) is 6.54 Å². The summed E-state index contributed by atoms with van der Waals surface area (Å²) in [6.07, 6.45) is 0. The molecule has 0 aliphatic heterocycles. The molecule has 0 fully saturated rings. The highest BCUT2D eigenvalue weighted by molar-refractivity contribution is 6.31. The number of nitrogens with one attached hydrogen (secondary N) is 2. The molecule has 1 unspecified atom stereocenters. The lowest BCUT2D eigenvalue weighted by atomic mass is 10.2. The molecule has 2 rings (SSSR count). The molecule has 0 heterocycles. The van der Waals surface area contributed by atoms with Crippen LogP contribution < -0.4 is 15.0 Å². The fourth-order valence-electron chi connectivity index (χ4n) is 2.46. The highest BCUT2D eigenvalue weighted by Crippen LogP contribution is 2.27. The molecule has 0 radical (unpaired) electrons. The monoisotopic (exact) mass is 382 g/mol. The molecule has 26 heavy (non-hydrogen) atoms. The Morgan fingerprint density at radius 3 is 2.69 bits per heavy atom. The summed E-state index contributed by atoms with van der Waals surface area (Å²) in [6, 6.07) is 8.61. The van der Waals surface area contributed by atoms with E-state index in [1.54, 1.807) is 13.1 Å². The number of likely N-dealkylation sites (N-methyl/N-ethyl adjacent to an activating group) is 1. The van der Waals surface area contributed by atoms with Crippen molar-refractivity contribution in [1.29, 1.82) is 0 Å². The van der Waals surface area contributed by atoms with E-state index in [1.165, 1.54) is 37.4 Å². The molecular formula is C17H18ClFN3O4+. The minimum Gasteiger partial charge on any atom is -0.494 e. The van der Waals surface area contributed by atoms with E-state index in [2.05, 4.69) is 5.32 Å². The molecule has 9 heteroatoms. The van der Waals surface area contributed by atoms with Crippen molar-refractivity contribution in [3.05, 3.63) is 62.9 Å². The number of benzene rings is 2. The van der Waals surface area contributed by atoms with Crippen LogP contribution in [0.15, 0.2) is 36.4 Å². The molecule has 2 aromatic rings. The van der Waals surface area contributed by atoms with Gasteiger partial charge in [-0.2, -0.15) is 0 Å². The number of hydrogen-bond acceptors (Lipinski definition) is 4. The van der Waals surface area contributed by atoms with Gasteiger partial charge in [0.15, 0.2) is 18.1 Å². The standard InChI is InChI=1S/C17H17ClFN3O4/c1-21(9-11-3-6-16(26-2)13(19)7-11)10-17(23)20-14-5-4-12(18)8-15(14)22(24)25/h3-8H,9-10H2,1-2H3,(H,20,23)/p+1. The number of anilines is 1. The zero-order valence-corrected chi connectivity index (χ0v) is 15.0. The van der Waals surface area contributed by atoms with Crippen molar-refractivity contribution < 1.29 is 23.7 Å². The molecule has 2 aromatic carbocycles. The van der Waals surface area contributed by atoms with Crippen LogP contribution in [0.1, 0.15) is 5.56 Å². The first kappa shape index (κ1) is 19.6. The average Bonchev–Trinajstić information content (AvgIpc) is 2.56. The third kappa shape index (κ3) is 5.14. The normalized spacial score (nSPS) is 11.7. The number of quaternary nitrogens is 1. The van der Waals surface area contributed by atoms with Crippen molar-refractivity contribution in [2.24, 2.45) is 0 Å². The topological polar surface area (TPSA) is 85.9 Å². The van der Waals surface area contributed by atoms with Crippen LogP contribution in [0, 0.1) is 15.9 Å². The molecule has 138 valence electrons. The lowest BCUT2D eigenvalue weighted by Gasteiger charge is -2.14. The van der Waals surface area contributed by atoms with Gasteiger partial charge < -0.3 is 15.0 Å². The third-order valence-corrected chi connectivity index (χ3v) is 3.85. The number of carbonyl (C=O) groups is 1. The van der Waals surface area contributed by atoms with E-state index in [1.807, 2.05) is 0 Å². The zero-order valence-electron chi connectivity index (χ0n) is 14.2. The highest BCUT2D eigenvalue weighted by Gasteiger charge is 2.18. The summed E-state index contributed by atoms with van der Waals surface area (Å²) in [5, 5.41) is 13.8. The minimum absolute atomic E-state index is 0.0490. The number of nitrogens with zero attached hydrogens (tertiary/aromatic N) is 1. The Morgan fingerprint density at radius 2 is 2.08 bits per heavy atom. The van der Waals surface area contributed by atoms with Gasteiger partial charge in [-0.05, 0) is 30.3 Å². The summed E-state index contributed by atoms with van der Waals surface area (Å²) < 4.78 is 18.6. The van der Waals surface area contributed by atoms with E-state index < -0.39 is 16.6 Å². The maximum absolute atomic E-state index is 13.7. The first-order chi connectivity index (χ1) is 12.3. The van der Waals surface area contributed by atoms with Crippen molar-refractivity contribution in [1.82, 2.24) is 0 Å². The van der Waals surface area contributed by atoms with Crippen LogP contribution in [-0.4, -0.2) is 31.5 Å². The molecule has 0 saturated heterocycles. The summed E-state index contributed by atoms with van der Waals surface area (Å²) in [7, 11) is 3.15. The highest BCUT2D eigenvalue weighted by atomic mass is 35.5. The van der Waals surface area contributed by atoms with Gasteiger partial charge in [-0.1, -0.05) is 11.6 Å². The van der Waals surface area contributed by atoms with Crippen molar-refractivity contribution >= 4 is 28.9 Å². The first-order valence-electron chi connectivity index (χ1n) is 7.67. The van der Waals surface area contributed by atoms with Crippen LogP contribution in [0.3, 0.4) is 0 Å². The Kier molecular flexibility index (Phi) is 6.48. The van der Waals surface area contributed by atoms with Gasteiger partial charge in [0.25, 0.3) is 11.6 Å². The number of nitro benzene ring substituents is 1. The zero-order chi connectivity index (χ0) is 19.3. The quantitative estimate of drug-likeness (QED) is 0.567. The second-order valence-corrected chi connectivity index (χ2v) is 6.18. The number of carbonyl (C=O) groups excluding carboxylic acids is 1. The van der Waals surface area contributed by atoms with Gasteiger partial charge >= 0.3 is 0 Å². The van der Waals surface area contributed by atoms with Crippen LogP contribution in [0.2, 0.25) is 5.02 Å². The number of halogens is 2. The molecular weight excluding hydrogens is 365 g/mol. The number of nitro groups is 1. The van der Waals surface area contributed by atoms with Gasteiger partial charge in [0.2, 0.25) is 0 Å². The fraction of sp³-hybridized carbons (Fsp3) is 0.235. The molecule has 1 atom stereocenters. The molecule has 0 aliphatic rings. The molecule has 0 aliphatic carbocycles. The number of ether oxygens (including phenoxy) is 1. The van der Waals surface area contributed by atoms with Crippen molar-refractivity contribution in [2.75, 3.05) is 26.0 Å². The summed E-state index contributed by atoms with van der Waals surface area (Å²) >= 11 is 5.75. The predicted octanol–water partition coefficient (Wildman–Crippen LogP) is 2.05. The van der Waals surface area contributed by atoms with Gasteiger partial charge in [-0.25, -0.2) is 4.39 Å². The Morgan fingerprint density at radius 1 is 1.35 bits per heavy atom. The minimum atomic E-state index is -0.613.